The van der Waals surface area contributed by atoms with E-state index in [0.717, 1.165) is 25.7 Å². The summed E-state index contributed by atoms with van der Waals surface area (Å²) < 4.78 is 6.03. The van der Waals surface area contributed by atoms with Crippen LogP contribution in [0.25, 0.3) is 0 Å². The van der Waals surface area contributed by atoms with E-state index in [1.165, 1.54) is 32.1 Å². The predicted molar refractivity (Wildman–Crippen MR) is 130 cm³/mol. The molecule has 0 radical (unpaired) electrons. The van der Waals surface area contributed by atoms with Gasteiger partial charge >= 0.3 is 5.97 Å². The van der Waals surface area contributed by atoms with Gasteiger partial charge in [-0.25, -0.2) is 0 Å². The summed E-state index contributed by atoms with van der Waals surface area (Å²) in [6.45, 7) is 17.1. The van der Waals surface area contributed by atoms with E-state index in [1.807, 2.05) is 0 Å². The minimum atomic E-state index is -0.293. The lowest BCUT2D eigenvalue weighted by atomic mass is 9.33. The van der Waals surface area contributed by atoms with E-state index in [9.17, 15) is 9.90 Å². The molecule has 0 unspecified atom stereocenters. The van der Waals surface area contributed by atoms with Crippen molar-refractivity contribution in [3.05, 3.63) is 11.6 Å². The highest BCUT2D eigenvalue weighted by molar-refractivity contribution is 5.79. The zero-order chi connectivity index (χ0) is 23.8. The van der Waals surface area contributed by atoms with Crippen molar-refractivity contribution in [2.45, 2.75) is 118 Å². The maximum atomic E-state index is 12.8. The van der Waals surface area contributed by atoms with Crippen molar-refractivity contribution in [1.29, 1.82) is 0 Å². The number of allylic oxidation sites excluding steroid dienone is 2. The maximum Gasteiger partial charge on any atom is 0.312 e. The Hall–Kier alpha value is -0.830. The van der Waals surface area contributed by atoms with Crippen molar-refractivity contribution in [3.8, 4) is 0 Å². The third-order valence-corrected chi connectivity index (χ3v) is 13.6. The van der Waals surface area contributed by atoms with Gasteiger partial charge in [-0.15, -0.1) is 0 Å². The molecule has 6 aliphatic rings. The quantitative estimate of drug-likeness (QED) is 0.328. The number of carbonyl (C=O) groups excluding carboxylic acids is 1. The molecule has 6 rings (SSSR count). The second kappa shape index (κ2) is 6.29. The normalized spacial score (nSPS) is 58.8. The first-order valence-corrected chi connectivity index (χ1v) is 13.8. The van der Waals surface area contributed by atoms with E-state index >= 15 is 0 Å². The Balaban J connectivity index is 1.43. The van der Waals surface area contributed by atoms with E-state index in [0.29, 0.717) is 17.8 Å². The summed E-state index contributed by atoms with van der Waals surface area (Å²) in [4.78, 5) is 12.8. The number of carbonyl (C=O) groups is 1. The Labute approximate surface area is 201 Å². The Morgan fingerprint density at radius 3 is 2.33 bits per heavy atom. The van der Waals surface area contributed by atoms with Crippen molar-refractivity contribution in [3.63, 3.8) is 0 Å². The van der Waals surface area contributed by atoms with Crippen LogP contribution in [-0.4, -0.2) is 23.3 Å². The van der Waals surface area contributed by atoms with Gasteiger partial charge in [0.1, 0.15) is 6.10 Å². The average Bonchev–Trinajstić information content (AvgIpc) is 3.00. The zero-order valence-corrected chi connectivity index (χ0v) is 22.1. The molecule has 2 bridgehead atoms. The Morgan fingerprint density at radius 1 is 0.879 bits per heavy atom. The summed E-state index contributed by atoms with van der Waals surface area (Å²) in [5.41, 5.74) is 2.25. The summed E-state index contributed by atoms with van der Waals surface area (Å²) >= 11 is 0. The van der Waals surface area contributed by atoms with Gasteiger partial charge in [0.2, 0.25) is 0 Å². The molecule has 10 atom stereocenters. The summed E-state index contributed by atoms with van der Waals surface area (Å²) in [5.74, 6) is 1.79. The Kier molecular flexibility index (Phi) is 4.31. The summed E-state index contributed by atoms with van der Waals surface area (Å²) in [6.07, 6.45) is 12.6. The van der Waals surface area contributed by atoms with Gasteiger partial charge in [0, 0.05) is 11.8 Å². The van der Waals surface area contributed by atoms with Gasteiger partial charge in [-0.05, 0) is 97.7 Å². The second-order valence-electron chi connectivity index (χ2n) is 15.1. The van der Waals surface area contributed by atoms with Gasteiger partial charge in [0.25, 0.3) is 0 Å². The van der Waals surface area contributed by atoms with Gasteiger partial charge in [-0.2, -0.15) is 0 Å². The zero-order valence-electron chi connectivity index (χ0n) is 22.1. The first-order valence-electron chi connectivity index (χ1n) is 13.8. The number of hydrogen-bond acceptors (Lipinski definition) is 3. The van der Waals surface area contributed by atoms with Crippen LogP contribution < -0.4 is 0 Å². The molecule has 3 nitrogen and oxygen atoms in total. The van der Waals surface area contributed by atoms with Crippen LogP contribution in [0.15, 0.2) is 11.6 Å². The van der Waals surface area contributed by atoms with Gasteiger partial charge in [-0.1, -0.05) is 53.2 Å². The Bertz CT molecular complexity index is 935. The van der Waals surface area contributed by atoms with Crippen molar-refractivity contribution >= 4 is 5.97 Å². The summed E-state index contributed by atoms with van der Waals surface area (Å²) in [6, 6.07) is 0. The number of esters is 1. The molecule has 3 heteroatoms. The summed E-state index contributed by atoms with van der Waals surface area (Å²) in [5, 5.41) is 10.9. The molecular weight excluding hydrogens is 408 g/mol. The van der Waals surface area contributed by atoms with Crippen molar-refractivity contribution in [2.24, 2.45) is 50.2 Å². The number of aliphatic hydroxyl groups is 1. The minimum Gasteiger partial charge on any atom is -0.461 e. The highest BCUT2D eigenvalue weighted by Crippen LogP contribution is 2.76. The number of rotatable bonds is 0. The highest BCUT2D eigenvalue weighted by atomic mass is 16.6. The lowest BCUT2D eigenvalue weighted by molar-refractivity contribution is -0.204. The Morgan fingerprint density at radius 2 is 1.61 bits per heavy atom. The molecule has 0 aromatic rings. The molecule has 1 heterocycles. The standard InChI is InChI=1S/C30H46O3/c1-25(2)20-10-13-30(7)21(28(20,5)12-11-22(25)31)9-8-18-19-16-26(3)17-23(33-24(26)32)27(19,4)14-15-29(18,30)6/h8,19-23,31H,9-17H2,1-7H3/t19-,20-,21+,22-,23+,26+,27+,28-,29+,30+/m0/s1. The average molecular weight is 455 g/mol. The van der Waals surface area contributed by atoms with Crippen molar-refractivity contribution in [2.75, 3.05) is 0 Å². The topological polar surface area (TPSA) is 46.5 Å². The van der Waals surface area contributed by atoms with Crippen LogP contribution in [-0.2, 0) is 9.53 Å². The SMILES string of the molecule is CC1(C)[C@@H](O)CC[C@]2(C)[C@H]3CC=C4[C@@H]5C[C@]6(C)C[C@@H](OC6=O)[C@]5(C)CC[C@@]4(C)[C@]3(C)CC[C@@H]12. The second-order valence-corrected chi connectivity index (χ2v) is 15.1. The van der Waals surface area contributed by atoms with Crippen LogP contribution in [0.4, 0.5) is 0 Å². The van der Waals surface area contributed by atoms with Crippen LogP contribution in [0, 0.1) is 50.2 Å². The van der Waals surface area contributed by atoms with Crippen molar-refractivity contribution in [1.82, 2.24) is 0 Å². The molecule has 0 amide bonds. The molecule has 4 saturated carbocycles. The molecule has 184 valence electrons. The predicted octanol–water partition coefficient (Wildman–Crippen LogP) is 6.68. The fourth-order valence-electron chi connectivity index (χ4n) is 11.1. The van der Waals surface area contributed by atoms with E-state index in [1.54, 1.807) is 5.57 Å². The first-order chi connectivity index (χ1) is 15.2. The van der Waals surface area contributed by atoms with E-state index < -0.39 is 0 Å². The largest absolute Gasteiger partial charge is 0.461 e. The van der Waals surface area contributed by atoms with Crippen LogP contribution in [0.3, 0.4) is 0 Å². The number of hydrogen-bond donors (Lipinski definition) is 1. The van der Waals surface area contributed by atoms with Gasteiger partial charge < -0.3 is 9.84 Å². The van der Waals surface area contributed by atoms with Crippen LogP contribution in [0.1, 0.15) is 106 Å². The lowest BCUT2D eigenvalue weighted by Crippen LogP contribution is -2.65. The molecule has 0 aromatic heterocycles. The third kappa shape index (κ3) is 2.44. The highest BCUT2D eigenvalue weighted by Gasteiger charge is 2.70. The van der Waals surface area contributed by atoms with Gasteiger partial charge in [-0.3, -0.25) is 4.79 Å². The van der Waals surface area contributed by atoms with Crippen LogP contribution in [0.5, 0.6) is 0 Å². The number of ether oxygens (including phenoxy) is 1. The van der Waals surface area contributed by atoms with Gasteiger partial charge in [0.05, 0.1) is 11.5 Å². The van der Waals surface area contributed by atoms with E-state index in [-0.39, 0.29) is 50.7 Å². The van der Waals surface area contributed by atoms with Crippen LogP contribution in [0.2, 0.25) is 0 Å². The molecule has 0 spiro atoms. The fourth-order valence-corrected chi connectivity index (χ4v) is 11.1. The molecular formula is C30H46O3. The maximum absolute atomic E-state index is 12.8. The molecule has 5 aliphatic carbocycles. The minimum absolute atomic E-state index is 0.000773. The van der Waals surface area contributed by atoms with Crippen LogP contribution >= 0.6 is 0 Å². The fraction of sp³-hybridized carbons (Fsp3) is 0.900. The number of fused-ring (bicyclic) bond motifs is 10. The lowest BCUT2D eigenvalue weighted by Gasteiger charge is -2.71. The monoisotopic (exact) mass is 454 g/mol. The molecule has 5 fully saturated rings. The molecule has 0 aromatic carbocycles. The van der Waals surface area contributed by atoms with E-state index in [4.69, 9.17) is 4.74 Å². The first kappa shape index (κ1) is 22.6. The molecule has 33 heavy (non-hydrogen) atoms. The molecule has 1 aliphatic heterocycles. The summed E-state index contributed by atoms with van der Waals surface area (Å²) in [7, 11) is 0. The molecule has 1 N–H and O–H groups in total. The smallest absolute Gasteiger partial charge is 0.312 e. The van der Waals surface area contributed by atoms with Crippen molar-refractivity contribution < 1.29 is 14.6 Å². The number of aliphatic hydroxyl groups excluding tert-OH is 1. The molecule has 1 saturated heterocycles. The third-order valence-electron chi connectivity index (χ3n) is 13.6. The van der Waals surface area contributed by atoms with Gasteiger partial charge in [0.15, 0.2) is 0 Å². The van der Waals surface area contributed by atoms with E-state index in [2.05, 4.69) is 54.5 Å².